The minimum atomic E-state index is -1.14. The molecule has 2 aromatic carbocycles. The van der Waals surface area contributed by atoms with Crippen LogP contribution in [0.3, 0.4) is 0 Å². The molecule has 0 fully saturated rings. The number of aliphatic hydroxyl groups is 2. The molecule has 2 heterocycles. The highest BCUT2D eigenvalue weighted by atomic mass is 19.2. The Labute approximate surface area is 143 Å². The normalized spacial score (nSPS) is 14.1. The van der Waals surface area contributed by atoms with Gasteiger partial charge in [-0.3, -0.25) is 0 Å². The van der Waals surface area contributed by atoms with Gasteiger partial charge in [0.25, 0.3) is 0 Å². The van der Waals surface area contributed by atoms with Crippen LogP contribution < -0.4 is 0 Å². The molecular formula is C20H17F2NO2. The number of nitrogens with zero attached hydrogens (tertiary/aromatic N) is 1. The zero-order chi connectivity index (χ0) is 17.6. The quantitative estimate of drug-likeness (QED) is 0.601. The fourth-order valence-electron chi connectivity index (χ4n) is 3.55. The molecule has 128 valence electrons. The van der Waals surface area contributed by atoms with Crippen LogP contribution in [0.15, 0.2) is 48.5 Å². The summed E-state index contributed by atoms with van der Waals surface area (Å²) in [5.41, 5.74) is 4.73. The Hall–Kier alpha value is -2.50. The summed E-state index contributed by atoms with van der Waals surface area (Å²) in [7, 11) is 0. The molecule has 3 nitrogen and oxygen atoms in total. The van der Waals surface area contributed by atoms with Gasteiger partial charge in [-0.25, -0.2) is 8.78 Å². The highest BCUT2D eigenvalue weighted by molar-refractivity contribution is 5.42. The molecule has 0 amide bonds. The fraction of sp³-hybridized carbons (Fsp3) is 0.200. The van der Waals surface area contributed by atoms with E-state index in [4.69, 9.17) is 0 Å². The summed E-state index contributed by atoms with van der Waals surface area (Å²) in [5, 5.41) is 20.5. The van der Waals surface area contributed by atoms with Crippen molar-refractivity contribution in [2.75, 3.05) is 0 Å². The number of benzene rings is 2. The van der Waals surface area contributed by atoms with Gasteiger partial charge >= 0.3 is 0 Å². The van der Waals surface area contributed by atoms with E-state index in [1.54, 1.807) is 0 Å². The Morgan fingerprint density at radius 1 is 1.00 bits per heavy atom. The molecule has 0 radical (unpaired) electrons. The van der Waals surface area contributed by atoms with E-state index in [1.165, 1.54) is 11.6 Å². The second kappa shape index (κ2) is 6.10. The van der Waals surface area contributed by atoms with E-state index in [-0.39, 0.29) is 12.2 Å². The summed E-state index contributed by atoms with van der Waals surface area (Å²) >= 11 is 0. The van der Waals surface area contributed by atoms with Crippen molar-refractivity contribution in [1.82, 2.24) is 4.57 Å². The maximum atomic E-state index is 13.6. The van der Waals surface area contributed by atoms with E-state index in [0.717, 1.165) is 23.4 Å². The lowest BCUT2D eigenvalue weighted by molar-refractivity contribution is 0.202. The highest BCUT2D eigenvalue weighted by Crippen LogP contribution is 2.33. The molecule has 2 N–H and O–H groups in total. The molecule has 0 saturated heterocycles. The average Bonchev–Trinajstić information content (AvgIpc) is 2.98. The average molecular weight is 341 g/mol. The summed E-state index contributed by atoms with van der Waals surface area (Å²) in [4.78, 5) is 0. The van der Waals surface area contributed by atoms with E-state index in [1.807, 2.05) is 28.8 Å². The Bertz CT molecular complexity index is 949. The predicted molar refractivity (Wildman–Crippen MR) is 89.1 cm³/mol. The maximum absolute atomic E-state index is 13.6. The molecule has 0 bridgehead atoms. The summed E-state index contributed by atoms with van der Waals surface area (Å²) < 4.78 is 28.7. The molecule has 1 aliphatic heterocycles. The predicted octanol–water partition coefficient (Wildman–Crippen LogP) is 3.29. The lowest BCUT2D eigenvalue weighted by Crippen LogP contribution is -2.18. The topological polar surface area (TPSA) is 45.4 Å². The number of rotatable bonds is 3. The van der Waals surface area contributed by atoms with Gasteiger partial charge in [-0.15, -0.1) is 0 Å². The molecular weight excluding hydrogens is 324 g/mol. The van der Waals surface area contributed by atoms with Gasteiger partial charge in [0.2, 0.25) is 0 Å². The zero-order valence-corrected chi connectivity index (χ0v) is 13.4. The van der Waals surface area contributed by atoms with E-state index in [9.17, 15) is 19.0 Å². The van der Waals surface area contributed by atoms with Gasteiger partial charge in [0.15, 0.2) is 11.6 Å². The van der Waals surface area contributed by atoms with Crippen LogP contribution in [0.4, 0.5) is 8.78 Å². The third-order valence-corrected chi connectivity index (χ3v) is 4.81. The Morgan fingerprint density at radius 3 is 2.48 bits per heavy atom. The largest absolute Gasteiger partial charge is 0.392 e. The van der Waals surface area contributed by atoms with E-state index in [2.05, 4.69) is 6.07 Å². The Morgan fingerprint density at radius 2 is 1.76 bits per heavy atom. The molecule has 3 aromatic rings. The second-order valence-electron chi connectivity index (χ2n) is 6.31. The van der Waals surface area contributed by atoms with E-state index >= 15 is 0 Å². The minimum Gasteiger partial charge on any atom is -0.392 e. The van der Waals surface area contributed by atoms with Crippen LogP contribution in [-0.4, -0.2) is 14.8 Å². The number of hydrogen-bond donors (Lipinski definition) is 2. The van der Waals surface area contributed by atoms with Crippen molar-refractivity contribution in [3.05, 3.63) is 93.8 Å². The summed E-state index contributed by atoms with van der Waals surface area (Å²) in [5.74, 6) is -1.96. The van der Waals surface area contributed by atoms with Crippen molar-refractivity contribution in [3.63, 3.8) is 0 Å². The second-order valence-corrected chi connectivity index (χ2v) is 6.31. The molecule has 0 spiro atoms. The van der Waals surface area contributed by atoms with Crippen LogP contribution in [0.25, 0.3) is 0 Å². The van der Waals surface area contributed by atoms with E-state index < -0.39 is 17.7 Å². The third-order valence-electron chi connectivity index (χ3n) is 4.81. The van der Waals surface area contributed by atoms with Crippen molar-refractivity contribution in [2.45, 2.75) is 25.7 Å². The van der Waals surface area contributed by atoms with Crippen LogP contribution in [0, 0.1) is 11.6 Å². The minimum absolute atomic E-state index is 0.230. The summed E-state index contributed by atoms with van der Waals surface area (Å²) in [6.45, 7) is 0.341. The smallest absolute Gasteiger partial charge is 0.159 e. The highest BCUT2D eigenvalue weighted by Gasteiger charge is 2.26. The third kappa shape index (κ3) is 2.65. The number of halogens is 2. The van der Waals surface area contributed by atoms with Gasteiger partial charge in [-0.05, 0) is 34.9 Å². The van der Waals surface area contributed by atoms with Crippen molar-refractivity contribution in [3.8, 4) is 0 Å². The van der Waals surface area contributed by atoms with Crippen LogP contribution >= 0.6 is 0 Å². The van der Waals surface area contributed by atoms with Gasteiger partial charge in [0, 0.05) is 24.2 Å². The lowest BCUT2D eigenvalue weighted by atomic mass is 9.99. The zero-order valence-electron chi connectivity index (χ0n) is 13.4. The van der Waals surface area contributed by atoms with Gasteiger partial charge in [-0.2, -0.15) is 0 Å². The Balaban J connectivity index is 1.80. The van der Waals surface area contributed by atoms with Crippen LogP contribution in [0.2, 0.25) is 0 Å². The summed E-state index contributed by atoms with van der Waals surface area (Å²) in [6.07, 6.45) is -0.440. The number of aromatic nitrogens is 1. The van der Waals surface area contributed by atoms with Gasteiger partial charge in [-0.1, -0.05) is 30.3 Å². The first-order chi connectivity index (χ1) is 12.1. The molecule has 0 aliphatic carbocycles. The molecule has 4 rings (SSSR count). The summed E-state index contributed by atoms with van der Waals surface area (Å²) in [6, 6.07) is 13.3. The number of aliphatic hydroxyl groups excluding tert-OH is 2. The maximum Gasteiger partial charge on any atom is 0.159 e. The fourth-order valence-corrected chi connectivity index (χ4v) is 3.55. The van der Waals surface area contributed by atoms with Crippen LogP contribution in [0.1, 0.15) is 39.7 Å². The first kappa shape index (κ1) is 16.0. The first-order valence-corrected chi connectivity index (χ1v) is 8.10. The van der Waals surface area contributed by atoms with Crippen LogP contribution in [0.5, 0.6) is 0 Å². The molecule has 1 aliphatic rings. The monoisotopic (exact) mass is 341 g/mol. The van der Waals surface area contributed by atoms with Crippen LogP contribution in [-0.2, 0) is 19.6 Å². The molecule has 1 aromatic heterocycles. The van der Waals surface area contributed by atoms with Crippen molar-refractivity contribution < 1.29 is 19.0 Å². The van der Waals surface area contributed by atoms with Crippen molar-refractivity contribution >= 4 is 0 Å². The first-order valence-electron chi connectivity index (χ1n) is 8.10. The Kier molecular flexibility index (Phi) is 3.90. The van der Waals surface area contributed by atoms with Gasteiger partial charge in [0.05, 0.1) is 12.3 Å². The molecule has 5 heteroatoms. The molecule has 1 atom stereocenters. The SMILES string of the molecule is OCc1cc2n(c1C(O)c1ccc(F)c(F)c1)Cc1ccccc1C2. The van der Waals surface area contributed by atoms with Gasteiger partial charge in [0.1, 0.15) is 6.10 Å². The van der Waals surface area contributed by atoms with E-state index in [0.29, 0.717) is 24.2 Å². The standard InChI is InChI=1S/C20H17F2NO2/c21-17-6-5-13(9-18(17)22)20(25)19-15(11-24)8-16-7-12-3-1-2-4-14(12)10-23(16)19/h1-6,8-9,20,24-25H,7,10-11H2. The molecule has 1 unspecified atom stereocenters. The lowest BCUT2D eigenvalue weighted by Gasteiger charge is -2.24. The number of hydrogen-bond acceptors (Lipinski definition) is 2. The van der Waals surface area contributed by atoms with Crippen molar-refractivity contribution in [1.29, 1.82) is 0 Å². The number of fused-ring (bicyclic) bond motifs is 2. The molecule has 0 saturated carbocycles. The van der Waals surface area contributed by atoms with Crippen molar-refractivity contribution in [2.24, 2.45) is 0 Å². The molecule has 25 heavy (non-hydrogen) atoms. The van der Waals surface area contributed by atoms with Gasteiger partial charge < -0.3 is 14.8 Å².